The van der Waals surface area contributed by atoms with Gasteiger partial charge in [-0.25, -0.2) is 4.98 Å². The molecule has 204 valence electrons. The van der Waals surface area contributed by atoms with Crippen LogP contribution in [0.15, 0.2) is 133 Å². The molecule has 8 aromatic rings. The molecule has 2 heterocycles. The van der Waals surface area contributed by atoms with E-state index >= 15 is 0 Å². The van der Waals surface area contributed by atoms with Crippen LogP contribution in [0.25, 0.3) is 78.0 Å². The first-order valence-corrected chi connectivity index (χ1v) is 15.1. The Morgan fingerprint density at radius 3 is 1.60 bits per heavy atom. The summed E-state index contributed by atoms with van der Waals surface area (Å²) in [7, 11) is 0. The maximum atomic E-state index is 5.33. The molecule has 1 aliphatic rings. The van der Waals surface area contributed by atoms with E-state index in [0.29, 0.717) is 0 Å². The predicted molar refractivity (Wildman–Crippen MR) is 179 cm³/mol. The minimum Gasteiger partial charge on any atom is -0.278 e. The Labute approximate surface area is 250 Å². The molecule has 0 bridgehead atoms. The second-order valence-corrected chi connectivity index (χ2v) is 11.5. The van der Waals surface area contributed by atoms with Gasteiger partial charge < -0.3 is 0 Å². The molecule has 0 spiro atoms. The third-order valence-electron chi connectivity index (χ3n) is 9.04. The quantitative estimate of drug-likeness (QED) is 0.214. The fourth-order valence-electron chi connectivity index (χ4n) is 7.20. The van der Waals surface area contributed by atoms with E-state index in [1.807, 2.05) is 0 Å². The molecule has 0 unspecified atom stereocenters. The van der Waals surface area contributed by atoms with Gasteiger partial charge in [-0.15, -0.1) is 0 Å². The SMILES string of the molecule is CCCc1cccc2c1nc1n(-c3ccc4c(c3)-c3ccccc3-c3ccccc3-c3ccccc3-4)c3ccccc3n21. The third-order valence-corrected chi connectivity index (χ3v) is 9.04. The Morgan fingerprint density at radius 2 is 1.00 bits per heavy atom. The van der Waals surface area contributed by atoms with Crippen molar-refractivity contribution in [2.45, 2.75) is 19.8 Å². The summed E-state index contributed by atoms with van der Waals surface area (Å²) < 4.78 is 4.67. The zero-order valence-electron chi connectivity index (χ0n) is 24.0. The minimum atomic E-state index is 0.949. The fourth-order valence-corrected chi connectivity index (χ4v) is 7.20. The Kier molecular flexibility index (Phi) is 5.24. The molecule has 0 saturated carbocycles. The lowest BCUT2D eigenvalue weighted by Crippen LogP contribution is -2.00. The Morgan fingerprint density at radius 1 is 0.488 bits per heavy atom. The van der Waals surface area contributed by atoms with E-state index in [0.717, 1.165) is 40.9 Å². The molecule has 0 fully saturated rings. The Hall–Kier alpha value is -5.41. The number of para-hydroxylation sites is 3. The van der Waals surface area contributed by atoms with Gasteiger partial charge in [0.2, 0.25) is 5.78 Å². The van der Waals surface area contributed by atoms with Crippen LogP contribution in [0, 0.1) is 0 Å². The second-order valence-electron chi connectivity index (χ2n) is 11.5. The molecule has 0 saturated heterocycles. The molecule has 0 aliphatic heterocycles. The van der Waals surface area contributed by atoms with Crippen LogP contribution in [-0.4, -0.2) is 14.0 Å². The molecule has 9 rings (SSSR count). The maximum Gasteiger partial charge on any atom is 0.220 e. The standard InChI is InChI=1S/C40H29N3/c1-2-12-26-13-11-22-38-39(26)41-40-42(36-20-9-10-21-37(36)43(38)40)27-23-24-34-32-18-6-5-16-30(32)28-14-3-4-15-29(28)31-17-7-8-19-33(31)35(34)25-27/h3-11,13-25H,2,12H2,1H3. The number of aromatic nitrogens is 3. The first-order chi connectivity index (χ1) is 21.3. The summed E-state index contributed by atoms with van der Waals surface area (Å²) in [4.78, 5) is 5.33. The molecule has 2 aromatic heterocycles. The number of benzene rings is 6. The number of imidazole rings is 2. The normalized spacial score (nSPS) is 12.0. The van der Waals surface area contributed by atoms with Crippen LogP contribution in [0.5, 0.6) is 0 Å². The van der Waals surface area contributed by atoms with Crippen molar-refractivity contribution >= 4 is 27.8 Å². The van der Waals surface area contributed by atoms with Crippen LogP contribution in [0.3, 0.4) is 0 Å². The van der Waals surface area contributed by atoms with Gasteiger partial charge in [0.05, 0.1) is 22.1 Å². The summed E-state index contributed by atoms with van der Waals surface area (Å²) in [6, 6.07) is 48.7. The zero-order valence-corrected chi connectivity index (χ0v) is 24.0. The summed E-state index contributed by atoms with van der Waals surface area (Å²) in [6.07, 6.45) is 2.11. The predicted octanol–water partition coefficient (Wildman–Crippen LogP) is 10.4. The summed E-state index contributed by atoms with van der Waals surface area (Å²) in [5.74, 6) is 0.949. The summed E-state index contributed by atoms with van der Waals surface area (Å²) in [5.41, 5.74) is 17.0. The highest BCUT2D eigenvalue weighted by molar-refractivity contribution is 6.03. The molecule has 0 radical (unpaired) electrons. The van der Waals surface area contributed by atoms with Crippen molar-refractivity contribution in [3.8, 4) is 50.2 Å². The van der Waals surface area contributed by atoms with Crippen molar-refractivity contribution in [1.82, 2.24) is 14.0 Å². The minimum absolute atomic E-state index is 0.949. The lowest BCUT2D eigenvalue weighted by molar-refractivity contribution is 0.927. The zero-order chi connectivity index (χ0) is 28.5. The van der Waals surface area contributed by atoms with Gasteiger partial charge in [-0.3, -0.25) is 8.97 Å². The Bertz CT molecular complexity index is 2360. The van der Waals surface area contributed by atoms with E-state index in [2.05, 4.69) is 149 Å². The van der Waals surface area contributed by atoms with E-state index in [1.165, 1.54) is 55.6 Å². The van der Waals surface area contributed by atoms with Crippen molar-refractivity contribution in [3.63, 3.8) is 0 Å². The van der Waals surface area contributed by atoms with Crippen molar-refractivity contribution in [1.29, 1.82) is 0 Å². The number of aryl methyl sites for hydroxylation is 1. The van der Waals surface area contributed by atoms with Gasteiger partial charge in [0.1, 0.15) is 0 Å². The summed E-state index contributed by atoms with van der Waals surface area (Å²) in [6.45, 7) is 2.23. The van der Waals surface area contributed by atoms with Crippen LogP contribution in [0.4, 0.5) is 0 Å². The molecule has 0 amide bonds. The fraction of sp³-hybridized carbons (Fsp3) is 0.0750. The Balaban J connectivity index is 1.38. The van der Waals surface area contributed by atoms with Crippen LogP contribution < -0.4 is 0 Å². The van der Waals surface area contributed by atoms with Crippen LogP contribution >= 0.6 is 0 Å². The van der Waals surface area contributed by atoms with E-state index < -0.39 is 0 Å². The van der Waals surface area contributed by atoms with Crippen LogP contribution in [-0.2, 0) is 6.42 Å². The van der Waals surface area contributed by atoms with Gasteiger partial charge in [0, 0.05) is 5.69 Å². The lowest BCUT2D eigenvalue weighted by atomic mass is 9.81. The molecule has 3 nitrogen and oxygen atoms in total. The molecule has 43 heavy (non-hydrogen) atoms. The number of fused-ring (bicyclic) bond motifs is 13. The van der Waals surface area contributed by atoms with E-state index in [-0.39, 0.29) is 0 Å². The van der Waals surface area contributed by atoms with E-state index in [4.69, 9.17) is 4.98 Å². The molecular formula is C40H29N3. The van der Waals surface area contributed by atoms with Crippen LogP contribution in [0.2, 0.25) is 0 Å². The summed E-state index contributed by atoms with van der Waals surface area (Å²) in [5, 5.41) is 0. The molecule has 3 heteroatoms. The van der Waals surface area contributed by atoms with E-state index in [9.17, 15) is 0 Å². The second kappa shape index (κ2) is 9.30. The van der Waals surface area contributed by atoms with Gasteiger partial charge >= 0.3 is 0 Å². The number of hydrogen-bond donors (Lipinski definition) is 0. The molecule has 0 N–H and O–H groups in total. The van der Waals surface area contributed by atoms with Crippen LogP contribution in [0.1, 0.15) is 18.9 Å². The highest BCUT2D eigenvalue weighted by Gasteiger charge is 2.23. The van der Waals surface area contributed by atoms with Crippen molar-refractivity contribution in [2.24, 2.45) is 0 Å². The molecule has 6 aromatic carbocycles. The monoisotopic (exact) mass is 551 g/mol. The van der Waals surface area contributed by atoms with E-state index in [1.54, 1.807) is 0 Å². The maximum absolute atomic E-state index is 5.33. The van der Waals surface area contributed by atoms with Gasteiger partial charge in [-0.2, -0.15) is 0 Å². The average molecular weight is 552 g/mol. The number of rotatable bonds is 3. The third kappa shape index (κ3) is 3.45. The largest absolute Gasteiger partial charge is 0.278 e. The van der Waals surface area contributed by atoms with Gasteiger partial charge in [-0.1, -0.05) is 116 Å². The number of hydrogen-bond acceptors (Lipinski definition) is 1. The topological polar surface area (TPSA) is 22.2 Å². The van der Waals surface area contributed by atoms with Gasteiger partial charge in [0.15, 0.2) is 0 Å². The molecular weight excluding hydrogens is 522 g/mol. The van der Waals surface area contributed by atoms with Crippen molar-refractivity contribution in [3.05, 3.63) is 139 Å². The first kappa shape index (κ1) is 24.2. The van der Waals surface area contributed by atoms with Gasteiger partial charge in [-0.05, 0) is 86.8 Å². The van der Waals surface area contributed by atoms with Gasteiger partial charge in [0.25, 0.3) is 0 Å². The smallest absolute Gasteiger partial charge is 0.220 e. The highest BCUT2D eigenvalue weighted by Crippen LogP contribution is 2.48. The molecule has 1 aliphatic carbocycles. The highest BCUT2D eigenvalue weighted by atomic mass is 15.2. The first-order valence-electron chi connectivity index (χ1n) is 15.1. The summed E-state index contributed by atoms with van der Waals surface area (Å²) >= 11 is 0. The van der Waals surface area contributed by atoms with Crippen molar-refractivity contribution in [2.75, 3.05) is 0 Å². The van der Waals surface area contributed by atoms with Crippen molar-refractivity contribution < 1.29 is 0 Å². The average Bonchev–Trinajstić information content (AvgIpc) is 3.60. The number of nitrogens with zero attached hydrogens (tertiary/aromatic N) is 3. The lowest BCUT2D eigenvalue weighted by Gasteiger charge is -2.23. The molecule has 0 atom stereocenters.